The minimum atomic E-state index is -2.75. The van der Waals surface area contributed by atoms with Gasteiger partial charge in [-0.05, 0) is 72.6 Å². The second-order valence-electron chi connectivity index (χ2n) is 14.8. The van der Waals surface area contributed by atoms with E-state index in [1.165, 1.54) is 10.4 Å². The third-order valence-corrected chi connectivity index (χ3v) is 14.6. The summed E-state index contributed by atoms with van der Waals surface area (Å²) in [5.74, 6) is -0.245. The minimum Gasteiger partial charge on any atom is -0.458 e. The molecule has 1 aliphatic carbocycles. The molecule has 0 amide bonds. The molecule has 2 aliphatic rings. The number of halogens is 1. The molecule has 5 rings (SSSR count). The number of hydrogen-bond donors (Lipinski definition) is 0. The van der Waals surface area contributed by atoms with Gasteiger partial charge in [0.25, 0.3) is 8.32 Å². The van der Waals surface area contributed by atoms with Gasteiger partial charge in [0.15, 0.2) is 0 Å². The molecule has 0 radical (unpaired) electrons. The molecule has 1 saturated carbocycles. The van der Waals surface area contributed by atoms with Crippen LogP contribution in [-0.2, 0) is 28.8 Å². The standard InChI is InChI=1S/C39H49FO5Si/c1-37(2,3)45-36(41)27-42-24-14-13-19-34-33(35-25-39(34,28-43-35)29-20-22-30(40)23-21-29)26-44-46(38(4,5)6,31-15-9-7-10-16-31)32-17-11-8-12-18-32/h7-18,20-23,33-35H,19,24-28H2,1-6H3/b14-13+/t33-,34-,35-,39-/m0/s1. The van der Waals surface area contributed by atoms with Gasteiger partial charge in [0.1, 0.15) is 18.0 Å². The number of ether oxygens (including phenoxy) is 3. The predicted molar refractivity (Wildman–Crippen MR) is 183 cm³/mol. The summed E-state index contributed by atoms with van der Waals surface area (Å²) in [6.07, 6.45) is 5.85. The first-order valence-electron chi connectivity index (χ1n) is 16.4. The van der Waals surface area contributed by atoms with E-state index in [-0.39, 0.29) is 46.8 Å². The number of carbonyl (C=O) groups is 1. The molecule has 246 valence electrons. The lowest BCUT2D eigenvalue weighted by atomic mass is 9.69. The summed E-state index contributed by atoms with van der Waals surface area (Å²) < 4.78 is 38.9. The molecular weight excluding hydrogens is 596 g/mol. The van der Waals surface area contributed by atoms with E-state index in [9.17, 15) is 9.18 Å². The normalized spacial score (nSPS) is 23.2. The highest BCUT2D eigenvalue weighted by atomic mass is 28.4. The second kappa shape index (κ2) is 13.9. The van der Waals surface area contributed by atoms with Crippen LogP contribution in [0.4, 0.5) is 4.39 Å². The molecule has 0 aromatic heterocycles. The van der Waals surface area contributed by atoms with Gasteiger partial charge in [0.05, 0.1) is 19.3 Å². The molecule has 0 N–H and O–H groups in total. The van der Waals surface area contributed by atoms with Crippen LogP contribution in [0.25, 0.3) is 0 Å². The Hall–Kier alpha value is -3.10. The molecule has 3 aromatic rings. The largest absolute Gasteiger partial charge is 0.458 e. The van der Waals surface area contributed by atoms with Gasteiger partial charge in [0, 0.05) is 17.9 Å². The highest BCUT2D eigenvalue weighted by Crippen LogP contribution is 2.57. The molecule has 1 saturated heterocycles. The Kier molecular flexibility index (Phi) is 10.4. The number of fused-ring (bicyclic) bond motifs is 2. The third-order valence-electron chi connectivity index (χ3n) is 9.56. The zero-order valence-electron chi connectivity index (χ0n) is 28.1. The van der Waals surface area contributed by atoms with E-state index in [1.807, 2.05) is 39.0 Å². The van der Waals surface area contributed by atoms with Crippen molar-refractivity contribution in [2.75, 3.05) is 26.4 Å². The Bertz CT molecular complexity index is 1420. The van der Waals surface area contributed by atoms with Crippen LogP contribution in [0.2, 0.25) is 5.04 Å². The van der Waals surface area contributed by atoms with Crippen LogP contribution < -0.4 is 10.4 Å². The zero-order valence-corrected chi connectivity index (χ0v) is 29.1. The van der Waals surface area contributed by atoms with E-state index in [1.54, 1.807) is 12.1 Å². The van der Waals surface area contributed by atoms with Crippen molar-refractivity contribution in [2.24, 2.45) is 11.8 Å². The van der Waals surface area contributed by atoms with Crippen molar-refractivity contribution in [1.82, 2.24) is 0 Å². The lowest BCUT2D eigenvalue weighted by Crippen LogP contribution is -2.67. The lowest BCUT2D eigenvalue weighted by molar-refractivity contribution is -0.159. The fourth-order valence-electron chi connectivity index (χ4n) is 7.63. The maximum absolute atomic E-state index is 14.0. The molecule has 5 nitrogen and oxygen atoms in total. The fourth-order valence-corrected chi connectivity index (χ4v) is 12.2. The van der Waals surface area contributed by atoms with Crippen molar-refractivity contribution >= 4 is 24.7 Å². The number of benzene rings is 3. The van der Waals surface area contributed by atoms with Crippen LogP contribution in [0, 0.1) is 17.7 Å². The van der Waals surface area contributed by atoms with Crippen LogP contribution in [0.3, 0.4) is 0 Å². The first kappa shape index (κ1) is 34.2. The first-order valence-corrected chi connectivity index (χ1v) is 18.3. The Morgan fingerprint density at radius 1 is 0.913 bits per heavy atom. The van der Waals surface area contributed by atoms with Crippen molar-refractivity contribution in [3.63, 3.8) is 0 Å². The second-order valence-corrected chi connectivity index (χ2v) is 19.1. The molecule has 4 atom stereocenters. The summed E-state index contributed by atoms with van der Waals surface area (Å²) in [5.41, 5.74) is 0.337. The summed E-state index contributed by atoms with van der Waals surface area (Å²) in [5, 5.41) is 2.37. The van der Waals surface area contributed by atoms with Crippen molar-refractivity contribution < 1.29 is 27.8 Å². The SMILES string of the molecule is CC(C)(C)OC(=O)COC/C=C/C[C@H]1[C@H](CO[Si](c2ccccc2)(c2ccccc2)C(C)(C)C)[C@@H]2C[C@@]1(c1ccc(F)cc1)CO2. The van der Waals surface area contributed by atoms with Crippen LogP contribution in [0.5, 0.6) is 0 Å². The minimum absolute atomic E-state index is 0.0464. The smallest absolute Gasteiger partial charge is 0.332 e. The zero-order chi connectivity index (χ0) is 33.0. The lowest BCUT2D eigenvalue weighted by Gasteiger charge is -2.45. The molecular formula is C39H49FO5Si. The van der Waals surface area contributed by atoms with E-state index < -0.39 is 13.9 Å². The molecule has 0 spiro atoms. The predicted octanol–water partition coefficient (Wildman–Crippen LogP) is 6.98. The first-order chi connectivity index (χ1) is 21.9. The van der Waals surface area contributed by atoms with Gasteiger partial charge < -0.3 is 18.6 Å². The summed E-state index contributed by atoms with van der Waals surface area (Å²) in [6, 6.07) is 28.4. The maximum Gasteiger partial charge on any atom is 0.332 e. The molecule has 2 fully saturated rings. The van der Waals surface area contributed by atoms with Crippen molar-refractivity contribution in [2.45, 2.75) is 76.5 Å². The fraction of sp³-hybridized carbons (Fsp3) is 0.462. The topological polar surface area (TPSA) is 54.0 Å². The molecule has 7 heteroatoms. The molecule has 1 aliphatic heterocycles. The maximum atomic E-state index is 14.0. The molecule has 46 heavy (non-hydrogen) atoms. The monoisotopic (exact) mass is 644 g/mol. The number of esters is 1. The van der Waals surface area contributed by atoms with E-state index in [4.69, 9.17) is 18.6 Å². The molecule has 0 unspecified atom stereocenters. The molecule has 1 heterocycles. The van der Waals surface area contributed by atoms with Crippen LogP contribution in [0.15, 0.2) is 97.1 Å². The quantitative estimate of drug-likeness (QED) is 0.0922. The Morgan fingerprint density at radius 3 is 2.09 bits per heavy atom. The number of allylic oxidation sites excluding steroid dienone is 1. The highest BCUT2D eigenvalue weighted by molar-refractivity contribution is 6.99. The molecule has 3 aromatic carbocycles. The van der Waals surface area contributed by atoms with Crippen molar-refractivity contribution in [3.05, 3.63) is 108 Å². The van der Waals surface area contributed by atoms with Crippen molar-refractivity contribution in [3.8, 4) is 0 Å². The van der Waals surface area contributed by atoms with Crippen LogP contribution in [-0.4, -0.2) is 52.4 Å². The summed E-state index contributed by atoms with van der Waals surface area (Å²) >= 11 is 0. The average molecular weight is 645 g/mol. The van der Waals surface area contributed by atoms with E-state index in [2.05, 4.69) is 87.5 Å². The van der Waals surface area contributed by atoms with E-state index in [0.717, 1.165) is 18.4 Å². The average Bonchev–Trinajstić information content (AvgIpc) is 3.57. The third kappa shape index (κ3) is 7.23. The highest BCUT2D eigenvalue weighted by Gasteiger charge is 2.60. The number of hydrogen-bond acceptors (Lipinski definition) is 5. The van der Waals surface area contributed by atoms with Gasteiger partial charge in [-0.2, -0.15) is 0 Å². The van der Waals surface area contributed by atoms with Crippen LogP contribution >= 0.6 is 0 Å². The summed E-state index contributed by atoms with van der Waals surface area (Å²) in [6.45, 7) is 13.8. The number of rotatable bonds is 12. The Balaban J connectivity index is 1.41. The molecule has 2 bridgehead atoms. The van der Waals surface area contributed by atoms with Gasteiger partial charge >= 0.3 is 5.97 Å². The Morgan fingerprint density at radius 2 is 1.52 bits per heavy atom. The summed E-state index contributed by atoms with van der Waals surface area (Å²) in [4.78, 5) is 12.1. The van der Waals surface area contributed by atoms with Crippen LogP contribution in [0.1, 0.15) is 59.9 Å². The number of carbonyl (C=O) groups excluding carboxylic acids is 1. The van der Waals surface area contributed by atoms with E-state index >= 15 is 0 Å². The van der Waals surface area contributed by atoms with Gasteiger partial charge in [-0.15, -0.1) is 0 Å². The van der Waals surface area contributed by atoms with E-state index in [0.29, 0.717) is 19.8 Å². The Labute approximate surface area is 275 Å². The van der Waals surface area contributed by atoms with Crippen molar-refractivity contribution in [1.29, 1.82) is 0 Å². The summed E-state index contributed by atoms with van der Waals surface area (Å²) in [7, 11) is -2.75. The van der Waals surface area contributed by atoms with Gasteiger partial charge in [0.2, 0.25) is 0 Å². The van der Waals surface area contributed by atoms with Gasteiger partial charge in [-0.25, -0.2) is 9.18 Å². The van der Waals surface area contributed by atoms with Gasteiger partial charge in [-0.1, -0.05) is 106 Å². The van der Waals surface area contributed by atoms with Gasteiger partial charge in [-0.3, -0.25) is 0 Å².